The molecule has 2 heterocycles. The summed E-state index contributed by atoms with van der Waals surface area (Å²) in [5, 5.41) is 14.3. The maximum atomic E-state index is 13.1. The number of ether oxygens (including phenoxy) is 2. The monoisotopic (exact) mass is 430 g/mol. The van der Waals surface area contributed by atoms with Gasteiger partial charge in [-0.1, -0.05) is 51.7 Å². The van der Waals surface area contributed by atoms with Crippen molar-refractivity contribution in [1.29, 1.82) is 5.41 Å². The number of para-hydroxylation sites is 2. The number of amides is 2. The van der Waals surface area contributed by atoms with Gasteiger partial charge in [0.25, 0.3) is 11.8 Å². The Morgan fingerprint density at radius 1 is 1.19 bits per heavy atom. The van der Waals surface area contributed by atoms with E-state index in [0.717, 1.165) is 38.5 Å². The Bertz CT molecular complexity index is 790. The molecule has 1 aromatic rings. The molecule has 0 aromatic heterocycles. The molecule has 0 bridgehead atoms. The summed E-state index contributed by atoms with van der Waals surface area (Å²) >= 11 is 0. The molecule has 1 saturated heterocycles. The number of carbonyl (C=O) groups excluding carboxylic acids is 2. The van der Waals surface area contributed by atoms with Crippen LogP contribution >= 0.6 is 0 Å². The normalized spacial score (nSPS) is 19.3. The lowest BCUT2D eigenvalue weighted by molar-refractivity contribution is -0.131. The number of carbonyl (C=O) groups is 2. The summed E-state index contributed by atoms with van der Waals surface area (Å²) in [5.41, 5.74) is -0.646. The second kappa shape index (κ2) is 10.5. The Balaban J connectivity index is 1.47. The van der Waals surface area contributed by atoms with Crippen LogP contribution < -0.4 is 20.1 Å². The Morgan fingerprint density at radius 2 is 1.87 bits per heavy atom. The summed E-state index contributed by atoms with van der Waals surface area (Å²) in [6.07, 6.45) is 5.29. The van der Waals surface area contributed by atoms with E-state index in [1.807, 2.05) is 12.1 Å². The van der Waals surface area contributed by atoms with Crippen molar-refractivity contribution in [3.63, 3.8) is 0 Å². The predicted octanol–water partition coefficient (Wildman–Crippen LogP) is 2.82. The van der Waals surface area contributed by atoms with Crippen molar-refractivity contribution < 1.29 is 19.1 Å². The summed E-state index contributed by atoms with van der Waals surface area (Å²) in [5.74, 6) is 1.12. The number of fused-ring (bicyclic) bond motifs is 1. The molecule has 0 aliphatic carbocycles. The fraction of sp³-hybridized carbons (Fsp3) is 0.609. The predicted molar refractivity (Wildman–Crippen MR) is 118 cm³/mol. The highest BCUT2D eigenvalue weighted by atomic mass is 16.6. The highest BCUT2D eigenvalue weighted by molar-refractivity contribution is 6.07. The molecule has 2 aliphatic rings. The van der Waals surface area contributed by atoms with E-state index in [-0.39, 0.29) is 24.4 Å². The second-order valence-electron chi connectivity index (χ2n) is 8.23. The largest absolute Gasteiger partial charge is 0.485 e. The topological polar surface area (TPSA) is 104 Å². The first-order valence-electron chi connectivity index (χ1n) is 11.4. The molecule has 2 amide bonds. The molecule has 0 saturated carbocycles. The van der Waals surface area contributed by atoms with Crippen LogP contribution in [0.5, 0.6) is 11.5 Å². The van der Waals surface area contributed by atoms with Gasteiger partial charge in [0.15, 0.2) is 17.5 Å². The minimum absolute atomic E-state index is 0.00801. The summed E-state index contributed by atoms with van der Waals surface area (Å²) in [6, 6.07) is 7.27. The molecule has 31 heavy (non-hydrogen) atoms. The van der Waals surface area contributed by atoms with E-state index in [1.165, 1.54) is 4.90 Å². The van der Waals surface area contributed by atoms with E-state index in [2.05, 4.69) is 24.5 Å². The number of unbranched alkanes of at least 4 members (excludes halogenated alkanes) is 2. The average molecular weight is 431 g/mol. The molecular weight excluding hydrogens is 396 g/mol. The Hall–Kier alpha value is -2.77. The first kappa shape index (κ1) is 22.9. The van der Waals surface area contributed by atoms with Gasteiger partial charge in [-0.3, -0.25) is 19.9 Å². The zero-order valence-electron chi connectivity index (χ0n) is 18.5. The van der Waals surface area contributed by atoms with Gasteiger partial charge in [-0.15, -0.1) is 0 Å². The van der Waals surface area contributed by atoms with Gasteiger partial charge >= 0.3 is 0 Å². The minimum atomic E-state index is -0.695. The summed E-state index contributed by atoms with van der Waals surface area (Å²) in [4.78, 5) is 27.1. The number of rotatable bonds is 11. The Labute approximate surface area is 184 Å². The molecule has 8 nitrogen and oxygen atoms in total. The molecule has 170 valence electrons. The smallest absolute Gasteiger partial charge is 0.264 e. The molecule has 1 atom stereocenters. The van der Waals surface area contributed by atoms with Crippen LogP contribution in [0.25, 0.3) is 0 Å². The fourth-order valence-corrected chi connectivity index (χ4v) is 4.05. The zero-order chi connectivity index (χ0) is 22.3. The van der Waals surface area contributed by atoms with Crippen LogP contribution in [0.1, 0.15) is 58.8 Å². The highest BCUT2D eigenvalue weighted by Crippen LogP contribution is 2.31. The van der Waals surface area contributed by atoms with Gasteiger partial charge in [0.05, 0.1) is 0 Å². The van der Waals surface area contributed by atoms with Crippen molar-refractivity contribution in [2.45, 2.75) is 70.4 Å². The number of nitrogens with one attached hydrogen (secondary N) is 3. The second-order valence-corrected chi connectivity index (χ2v) is 8.23. The van der Waals surface area contributed by atoms with E-state index in [4.69, 9.17) is 14.9 Å². The third kappa shape index (κ3) is 5.29. The van der Waals surface area contributed by atoms with Crippen LogP contribution in [0.2, 0.25) is 0 Å². The lowest BCUT2D eigenvalue weighted by Gasteiger charge is -2.27. The Kier molecular flexibility index (Phi) is 7.76. The molecule has 0 radical (unpaired) electrons. The van der Waals surface area contributed by atoms with E-state index < -0.39 is 11.6 Å². The Morgan fingerprint density at radius 3 is 2.55 bits per heavy atom. The number of hydrogen-bond donors (Lipinski definition) is 3. The number of hydrogen-bond acceptors (Lipinski definition) is 5. The molecule has 1 aromatic carbocycles. The van der Waals surface area contributed by atoms with Gasteiger partial charge in [-0.05, 0) is 31.4 Å². The lowest BCUT2D eigenvalue weighted by atomic mass is 9.87. The molecule has 8 heteroatoms. The highest BCUT2D eigenvalue weighted by Gasteiger charge is 2.47. The standard InChI is InChI=1S/C23H34N4O4/c1-3-5-12-23(13-6-4-2)21(29)27(22(24)26-23)15-9-14-25-20(28)19-16-30-17-10-7-8-11-18(17)31-19/h7-8,10-11,19H,3-6,9,12-16H2,1-2H3,(H2,24,26)(H,25,28). The van der Waals surface area contributed by atoms with Crippen molar-refractivity contribution in [3.8, 4) is 11.5 Å². The van der Waals surface area contributed by atoms with Crippen LogP contribution in [0, 0.1) is 5.41 Å². The van der Waals surface area contributed by atoms with Crippen molar-refractivity contribution in [2.24, 2.45) is 0 Å². The summed E-state index contributed by atoms with van der Waals surface area (Å²) in [7, 11) is 0. The van der Waals surface area contributed by atoms with Crippen LogP contribution in [0.15, 0.2) is 24.3 Å². The fourth-order valence-electron chi connectivity index (χ4n) is 4.05. The molecular formula is C23H34N4O4. The van der Waals surface area contributed by atoms with Gasteiger partial charge in [0.1, 0.15) is 12.1 Å². The maximum absolute atomic E-state index is 13.1. The summed E-state index contributed by atoms with van der Waals surface area (Å²) < 4.78 is 11.3. The molecule has 2 aliphatic heterocycles. The average Bonchev–Trinajstić information content (AvgIpc) is 3.02. The third-order valence-electron chi connectivity index (χ3n) is 5.86. The minimum Gasteiger partial charge on any atom is -0.485 e. The molecule has 1 fully saturated rings. The van der Waals surface area contributed by atoms with Crippen LogP contribution in [-0.4, -0.2) is 54.0 Å². The first-order valence-corrected chi connectivity index (χ1v) is 11.4. The van der Waals surface area contributed by atoms with Gasteiger partial charge in [-0.2, -0.15) is 0 Å². The molecule has 0 spiro atoms. The molecule has 1 unspecified atom stereocenters. The zero-order valence-corrected chi connectivity index (χ0v) is 18.5. The lowest BCUT2D eigenvalue weighted by Crippen LogP contribution is -2.47. The third-order valence-corrected chi connectivity index (χ3v) is 5.86. The first-order chi connectivity index (χ1) is 15.0. The van der Waals surface area contributed by atoms with E-state index in [1.54, 1.807) is 12.1 Å². The van der Waals surface area contributed by atoms with E-state index in [0.29, 0.717) is 31.0 Å². The quantitative estimate of drug-likeness (QED) is 0.469. The van der Waals surface area contributed by atoms with Crippen LogP contribution in [0.4, 0.5) is 0 Å². The number of benzene rings is 1. The number of guanidine groups is 1. The maximum Gasteiger partial charge on any atom is 0.264 e. The van der Waals surface area contributed by atoms with Gasteiger partial charge < -0.3 is 20.1 Å². The van der Waals surface area contributed by atoms with Gasteiger partial charge in [0.2, 0.25) is 6.10 Å². The SMILES string of the molecule is CCCCC1(CCCC)NC(=N)N(CCCNC(=O)C2COc3ccccc3O2)C1=O. The van der Waals surface area contributed by atoms with Crippen LogP contribution in [0.3, 0.4) is 0 Å². The van der Waals surface area contributed by atoms with Crippen molar-refractivity contribution in [2.75, 3.05) is 19.7 Å². The van der Waals surface area contributed by atoms with Crippen molar-refractivity contribution in [3.05, 3.63) is 24.3 Å². The van der Waals surface area contributed by atoms with Crippen molar-refractivity contribution >= 4 is 17.8 Å². The molecule has 3 N–H and O–H groups in total. The number of nitrogens with zero attached hydrogens (tertiary/aromatic N) is 1. The van der Waals surface area contributed by atoms with Gasteiger partial charge in [-0.25, -0.2) is 0 Å². The van der Waals surface area contributed by atoms with E-state index >= 15 is 0 Å². The van der Waals surface area contributed by atoms with Crippen molar-refractivity contribution in [1.82, 2.24) is 15.5 Å². The molecule has 3 rings (SSSR count). The van der Waals surface area contributed by atoms with Crippen LogP contribution in [-0.2, 0) is 9.59 Å². The van der Waals surface area contributed by atoms with Gasteiger partial charge in [0, 0.05) is 13.1 Å². The van der Waals surface area contributed by atoms with E-state index in [9.17, 15) is 9.59 Å². The summed E-state index contributed by atoms with van der Waals surface area (Å²) in [6.45, 7) is 5.18.